The zero-order chi connectivity index (χ0) is 23.8. The molecule has 0 saturated carbocycles. The van der Waals surface area contributed by atoms with E-state index in [1.807, 2.05) is 0 Å². The fourth-order valence-electron chi connectivity index (χ4n) is 5.58. The molecule has 0 spiro atoms. The summed E-state index contributed by atoms with van der Waals surface area (Å²) in [5, 5.41) is 2.78. The van der Waals surface area contributed by atoms with Crippen molar-refractivity contribution in [1.82, 2.24) is 4.57 Å². The van der Waals surface area contributed by atoms with Crippen LogP contribution < -0.4 is 0 Å². The van der Waals surface area contributed by atoms with Gasteiger partial charge in [-0.05, 0) is 81.0 Å². The number of fused-ring (bicyclic) bond motifs is 7. The minimum atomic E-state index is 0.109. The van der Waals surface area contributed by atoms with E-state index in [0.29, 0.717) is 0 Å². The Morgan fingerprint density at radius 3 is 1.97 bits per heavy atom. The van der Waals surface area contributed by atoms with Gasteiger partial charge < -0.3 is 4.57 Å². The maximum absolute atomic E-state index is 2.45. The summed E-state index contributed by atoms with van der Waals surface area (Å²) >= 11 is 0. The van der Waals surface area contributed by atoms with Crippen molar-refractivity contribution < 1.29 is 0 Å². The van der Waals surface area contributed by atoms with Crippen molar-refractivity contribution in [2.75, 3.05) is 0 Å². The summed E-state index contributed by atoms with van der Waals surface area (Å²) in [7, 11) is 0. The SMILES string of the molecule is CC(C)(C)c1ccc2c(c1)-c1ccc3c(c1C2)c1cc(C(C)(C)C)ccc1n3-c1ccccc1. The quantitative estimate of drug-likeness (QED) is 0.239. The highest BCUT2D eigenvalue weighted by atomic mass is 15.0. The Morgan fingerprint density at radius 1 is 0.618 bits per heavy atom. The molecule has 1 nitrogen and oxygen atoms in total. The van der Waals surface area contributed by atoms with Crippen molar-refractivity contribution in [3.63, 3.8) is 0 Å². The molecule has 0 N–H and O–H groups in total. The van der Waals surface area contributed by atoms with Crippen LogP contribution in [-0.2, 0) is 17.3 Å². The van der Waals surface area contributed by atoms with Crippen molar-refractivity contribution in [3.8, 4) is 16.8 Å². The van der Waals surface area contributed by atoms with E-state index in [0.717, 1.165) is 6.42 Å². The molecule has 6 rings (SSSR count). The zero-order valence-corrected chi connectivity index (χ0v) is 21.2. The molecule has 1 aliphatic rings. The molecule has 1 aromatic heterocycles. The molecule has 0 radical (unpaired) electrons. The lowest BCUT2D eigenvalue weighted by Gasteiger charge is -2.20. The number of nitrogens with zero attached hydrogens (tertiary/aromatic N) is 1. The van der Waals surface area contributed by atoms with Gasteiger partial charge in [0.15, 0.2) is 0 Å². The topological polar surface area (TPSA) is 4.93 Å². The number of hydrogen-bond acceptors (Lipinski definition) is 0. The van der Waals surface area contributed by atoms with Gasteiger partial charge >= 0.3 is 0 Å². The van der Waals surface area contributed by atoms with Crippen LogP contribution in [0.2, 0.25) is 0 Å². The lowest BCUT2D eigenvalue weighted by atomic mass is 9.85. The fraction of sp³-hybridized carbons (Fsp3) is 0.273. The second-order valence-electron chi connectivity index (χ2n) is 11.9. The Labute approximate surface area is 203 Å². The summed E-state index contributed by atoms with van der Waals surface area (Å²) < 4.78 is 2.45. The molecule has 0 unspecified atom stereocenters. The number of para-hydroxylation sites is 1. The van der Waals surface area contributed by atoms with Gasteiger partial charge in [0.05, 0.1) is 11.0 Å². The van der Waals surface area contributed by atoms with E-state index in [9.17, 15) is 0 Å². The van der Waals surface area contributed by atoms with Gasteiger partial charge in [-0.2, -0.15) is 0 Å². The van der Waals surface area contributed by atoms with Crippen molar-refractivity contribution in [1.29, 1.82) is 0 Å². The first-order chi connectivity index (χ1) is 16.1. The first kappa shape index (κ1) is 21.2. The highest BCUT2D eigenvalue weighted by molar-refractivity contribution is 6.13. The van der Waals surface area contributed by atoms with Gasteiger partial charge in [-0.3, -0.25) is 0 Å². The second kappa shape index (κ2) is 7.09. The molecular weight excluding hydrogens is 410 g/mol. The number of aromatic nitrogens is 1. The van der Waals surface area contributed by atoms with Gasteiger partial charge in [0.2, 0.25) is 0 Å². The van der Waals surface area contributed by atoms with Crippen LogP contribution >= 0.6 is 0 Å². The zero-order valence-electron chi connectivity index (χ0n) is 21.2. The van der Waals surface area contributed by atoms with Gasteiger partial charge in [0.1, 0.15) is 0 Å². The normalized spacial score (nSPS) is 13.5. The molecule has 5 aromatic rings. The number of benzene rings is 4. The molecule has 1 heteroatoms. The molecule has 0 saturated heterocycles. The average Bonchev–Trinajstić information content (AvgIpc) is 3.33. The van der Waals surface area contributed by atoms with E-state index < -0.39 is 0 Å². The molecule has 0 fully saturated rings. The van der Waals surface area contributed by atoms with Crippen LogP contribution in [0.5, 0.6) is 0 Å². The van der Waals surface area contributed by atoms with Crippen LogP contribution in [0.15, 0.2) is 78.9 Å². The van der Waals surface area contributed by atoms with Crippen LogP contribution in [0.1, 0.15) is 63.8 Å². The molecule has 0 amide bonds. The first-order valence-corrected chi connectivity index (χ1v) is 12.4. The standard InChI is InChI=1S/C33H33N/c1-32(2,3)22-13-12-21-18-27-25(26(21)19-22)15-17-30-31(27)28-20-23(33(4,5)6)14-16-29(28)34(30)24-10-8-7-9-11-24/h7-17,19-20H,18H2,1-6H3. The van der Waals surface area contributed by atoms with Crippen molar-refractivity contribution in [2.45, 2.75) is 58.8 Å². The molecule has 0 bridgehead atoms. The van der Waals surface area contributed by atoms with Gasteiger partial charge in [-0.25, -0.2) is 0 Å². The van der Waals surface area contributed by atoms with E-state index in [1.165, 1.54) is 60.9 Å². The first-order valence-electron chi connectivity index (χ1n) is 12.4. The monoisotopic (exact) mass is 443 g/mol. The van der Waals surface area contributed by atoms with Crippen molar-refractivity contribution in [3.05, 3.63) is 101 Å². The third kappa shape index (κ3) is 3.14. The van der Waals surface area contributed by atoms with Crippen LogP contribution in [0.25, 0.3) is 38.6 Å². The summed E-state index contributed by atoms with van der Waals surface area (Å²) in [6, 6.07) is 29.7. The van der Waals surface area contributed by atoms with E-state index in [-0.39, 0.29) is 10.8 Å². The lowest BCUT2D eigenvalue weighted by molar-refractivity contribution is 0.590. The van der Waals surface area contributed by atoms with Crippen molar-refractivity contribution in [2.24, 2.45) is 0 Å². The summed E-state index contributed by atoms with van der Waals surface area (Å²) in [6.07, 6.45) is 1.00. The van der Waals surface area contributed by atoms with E-state index >= 15 is 0 Å². The van der Waals surface area contributed by atoms with E-state index in [1.54, 1.807) is 0 Å². The minimum absolute atomic E-state index is 0.109. The Kier molecular flexibility index (Phi) is 4.43. The maximum Gasteiger partial charge on any atom is 0.0544 e. The predicted molar refractivity (Wildman–Crippen MR) is 146 cm³/mol. The molecule has 0 aliphatic heterocycles. The Balaban J connectivity index is 1.70. The largest absolute Gasteiger partial charge is 0.309 e. The number of hydrogen-bond donors (Lipinski definition) is 0. The Bertz CT molecular complexity index is 1570. The van der Waals surface area contributed by atoms with Gasteiger partial charge in [-0.1, -0.05) is 90.1 Å². The third-order valence-corrected chi connectivity index (χ3v) is 7.55. The van der Waals surface area contributed by atoms with E-state index in [2.05, 4.69) is 125 Å². The highest BCUT2D eigenvalue weighted by Crippen LogP contribution is 2.46. The molecule has 4 aromatic carbocycles. The minimum Gasteiger partial charge on any atom is -0.309 e. The summed E-state index contributed by atoms with van der Waals surface area (Å²) in [5.41, 5.74) is 12.6. The van der Waals surface area contributed by atoms with Crippen LogP contribution in [0.3, 0.4) is 0 Å². The summed E-state index contributed by atoms with van der Waals surface area (Å²) in [4.78, 5) is 0. The predicted octanol–water partition coefficient (Wildman–Crippen LogP) is 8.95. The van der Waals surface area contributed by atoms with E-state index in [4.69, 9.17) is 0 Å². The molecule has 1 heterocycles. The van der Waals surface area contributed by atoms with Crippen LogP contribution in [0, 0.1) is 0 Å². The highest BCUT2D eigenvalue weighted by Gasteiger charge is 2.27. The average molecular weight is 444 g/mol. The molecule has 0 atom stereocenters. The fourth-order valence-corrected chi connectivity index (χ4v) is 5.58. The lowest BCUT2D eigenvalue weighted by Crippen LogP contribution is -2.10. The van der Waals surface area contributed by atoms with Crippen molar-refractivity contribution >= 4 is 21.8 Å². The molecule has 34 heavy (non-hydrogen) atoms. The van der Waals surface area contributed by atoms with Gasteiger partial charge in [0, 0.05) is 16.5 Å². The third-order valence-electron chi connectivity index (χ3n) is 7.55. The molecule has 1 aliphatic carbocycles. The maximum atomic E-state index is 2.45. The van der Waals surface area contributed by atoms with Gasteiger partial charge in [-0.15, -0.1) is 0 Å². The van der Waals surface area contributed by atoms with Gasteiger partial charge in [0.25, 0.3) is 0 Å². The molecular formula is C33H33N. The Morgan fingerprint density at radius 2 is 1.26 bits per heavy atom. The summed E-state index contributed by atoms with van der Waals surface area (Å²) in [5.74, 6) is 0. The smallest absolute Gasteiger partial charge is 0.0544 e. The Hall–Kier alpha value is -3.32. The second-order valence-corrected chi connectivity index (χ2v) is 11.9. The summed E-state index contributed by atoms with van der Waals surface area (Å²) in [6.45, 7) is 13.8. The van der Waals surface area contributed by atoms with Crippen LogP contribution in [-0.4, -0.2) is 4.57 Å². The number of rotatable bonds is 1. The molecule has 170 valence electrons. The van der Waals surface area contributed by atoms with Crippen LogP contribution in [0.4, 0.5) is 0 Å².